The molecule has 2 aromatic rings. The van der Waals surface area contributed by atoms with E-state index < -0.39 is 67.2 Å². The Bertz CT molecular complexity index is 1240. The molecule has 0 bridgehead atoms. The van der Waals surface area contributed by atoms with Crippen LogP contribution in [0.5, 0.6) is 5.75 Å². The molecule has 0 amide bonds. The molecule has 15 heteroatoms. The van der Waals surface area contributed by atoms with Crippen LogP contribution in [-0.4, -0.2) is 59.9 Å². The Labute approximate surface area is 206 Å². The Balaban J connectivity index is 1.81. The maximum Gasteiger partial charge on any atom is 0.459 e. The van der Waals surface area contributed by atoms with E-state index in [1.807, 2.05) is 0 Å². The number of H-pyrrole nitrogens is 1. The van der Waals surface area contributed by atoms with Gasteiger partial charge in [-0.3, -0.25) is 23.7 Å². The largest absolute Gasteiger partial charge is 0.465 e. The summed E-state index contributed by atoms with van der Waals surface area (Å²) in [6.07, 6.45) is -2.66. The van der Waals surface area contributed by atoms with Gasteiger partial charge in [-0.25, -0.2) is 13.8 Å². The summed E-state index contributed by atoms with van der Waals surface area (Å²) in [6.45, 7) is 3.93. The van der Waals surface area contributed by atoms with Gasteiger partial charge in [0, 0.05) is 17.6 Å². The zero-order chi connectivity index (χ0) is 26.7. The number of rotatable bonds is 10. The molecule has 194 valence electrons. The lowest BCUT2D eigenvalue weighted by atomic mass is 9.65. The van der Waals surface area contributed by atoms with Gasteiger partial charge in [0.15, 0.2) is 0 Å². The summed E-state index contributed by atoms with van der Waals surface area (Å²) in [5, 5.41) is 11.7. The minimum atomic E-state index is -4.34. The van der Waals surface area contributed by atoms with Crippen LogP contribution in [0.15, 0.2) is 46.1 Å². The molecule has 2 radical (unpaired) electrons. The van der Waals surface area contributed by atoms with Gasteiger partial charge < -0.3 is 19.1 Å². The second kappa shape index (κ2) is 11.1. The topological polar surface area (TPSA) is 158 Å². The summed E-state index contributed by atoms with van der Waals surface area (Å²) < 4.78 is 49.4. The number of ether oxygens (including phenoxy) is 2. The van der Waals surface area contributed by atoms with Crippen molar-refractivity contribution in [3.8, 4) is 5.75 Å². The van der Waals surface area contributed by atoms with E-state index in [1.165, 1.54) is 26.0 Å². The zero-order valence-corrected chi connectivity index (χ0v) is 20.6. The fraction of sp³-hybridized carbons (Fsp3) is 0.476. The third-order valence-corrected chi connectivity index (χ3v) is 7.01. The number of hydrogen-bond acceptors (Lipinski definition) is 9. The van der Waals surface area contributed by atoms with Crippen molar-refractivity contribution in [1.82, 2.24) is 14.6 Å². The fourth-order valence-electron chi connectivity index (χ4n) is 3.49. The number of esters is 1. The van der Waals surface area contributed by atoms with E-state index >= 15 is 0 Å². The predicted molar refractivity (Wildman–Crippen MR) is 125 cm³/mol. The van der Waals surface area contributed by atoms with Crippen LogP contribution in [-0.2, 0) is 23.4 Å². The first-order valence-electron chi connectivity index (χ1n) is 10.9. The molecule has 1 aromatic carbocycles. The van der Waals surface area contributed by atoms with Gasteiger partial charge in [0.05, 0.1) is 27.2 Å². The highest BCUT2D eigenvalue weighted by Gasteiger charge is 2.51. The molecule has 3 N–H and O–H groups in total. The van der Waals surface area contributed by atoms with E-state index in [2.05, 4.69) is 10.1 Å². The van der Waals surface area contributed by atoms with Gasteiger partial charge in [-0.15, -0.1) is 0 Å². The number of aliphatic hydroxyl groups excluding tert-OH is 1. The standard InChI is InChI=1S/C21H26BFN3O9P/c1-4-32-18(29)12(2)25-36(31,35-14-7-5-13(23)6-8-14)33-11-15-17(28)21(3,22)19(34-15)26-10-9-16(27)24-20(26)30/h5-10,12,15,17,19,28H,4,11H2,1-3H3,(H,25,31)(H,24,27,30)/t12-,15+,17+,19+,21+,36+/m0/s1. The SMILES string of the molecule is [B][C@]1(C)[C@H](O)[C@@H](CO[P@](=O)(N[C@@H](C)C(=O)OCC)Oc2ccc(F)cc2)O[C@H]1n1ccc(=O)[nH]c1=O. The number of halogens is 1. The first-order chi connectivity index (χ1) is 16.9. The monoisotopic (exact) mass is 525 g/mol. The summed E-state index contributed by atoms with van der Waals surface area (Å²) in [7, 11) is 1.89. The molecular weight excluding hydrogens is 499 g/mol. The van der Waals surface area contributed by atoms with E-state index in [-0.39, 0.29) is 12.4 Å². The van der Waals surface area contributed by atoms with E-state index in [4.69, 9.17) is 26.4 Å². The maximum atomic E-state index is 13.5. The van der Waals surface area contributed by atoms with Crippen LogP contribution in [0.2, 0.25) is 5.31 Å². The van der Waals surface area contributed by atoms with Crippen molar-refractivity contribution >= 4 is 21.6 Å². The summed E-state index contributed by atoms with van der Waals surface area (Å²) in [4.78, 5) is 37.8. The Kier molecular flexibility index (Phi) is 8.57. The van der Waals surface area contributed by atoms with Gasteiger partial charge in [-0.2, -0.15) is 5.09 Å². The van der Waals surface area contributed by atoms with Crippen molar-refractivity contribution in [2.24, 2.45) is 0 Å². The lowest BCUT2D eigenvalue weighted by Crippen LogP contribution is -2.38. The molecule has 0 aliphatic carbocycles. The number of nitrogens with zero attached hydrogens (tertiary/aromatic N) is 1. The van der Waals surface area contributed by atoms with Gasteiger partial charge >= 0.3 is 19.4 Å². The quantitative estimate of drug-likeness (QED) is 0.232. The average Bonchev–Trinajstić information content (AvgIpc) is 3.03. The van der Waals surface area contributed by atoms with Crippen molar-refractivity contribution in [3.63, 3.8) is 0 Å². The number of aliphatic hydroxyl groups is 1. The molecule has 0 unspecified atom stereocenters. The molecule has 1 aliphatic rings. The van der Waals surface area contributed by atoms with Gasteiger partial charge in [0.2, 0.25) is 0 Å². The van der Waals surface area contributed by atoms with Crippen molar-refractivity contribution in [2.75, 3.05) is 13.2 Å². The number of aromatic nitrogens is 2. The van der Waals surface area contributed by atoms with Gasteiger partial charge in [-0.05, 0) is 38.1 Å². The first kappa shape index (κ1) is 27.8. The first-order valence-corrected chi connectivity index (χ1v) is 12.5. The van der Waals surface area contributed by atoms with Crippen LogP contribution < -0.4 is 20.9 Å². The van der Waals surface area contributed by atoms with Crippen molar-refractivity contribution in [2.45, 2.75) is 50.6 Å². The van der Waals surface area contributed by atoms with Crippen LogP contribution in [0.1, 0.15) is 27.0 Å². The van der Waals surface area contributed by atoms with E-state index in [0.717, 1.165) is 29.0 Å². The number of aromatic amines is 1. The molecule has 0 saturated carbocycles. The average molecular weight is 525 g/mol. The fourth-order valence-corrected chi connectivity index (χ4v) is 5.00. The maximum absolute atomic E-state index is 13.5. The summed E-state index contributed by atoms with van der Waals surface area (Å²) in [5.41, 5.74) is -1.44. The Hall–Kier alpha value is -2.77. The van der Waals surface area contributed by atoms with Crippen molar-refractivity contribution in [1.29, 1.82) is 0 Å². The number of hydrogen-bond donors (Lipinski definition) is 3. The minimum absolute atomic E-state index is 0.0301. The molecule has 0 spiro atoms. The molecule has 6 atom stereocenters. The Morgan fingerprint density at radius 1 is 1.36 bits per heavy atom. The van der Waals surface area contributed by atoms with Crippen LogP contribution in [0.3, 0.4) is 0 Å². The van der Waals surface area contributed by atoms with E-state index in [9.17, 15) is 28.4 Å². The zero-order valence-electron chi connectivity index (χ0n) is 19.8. The molecule has 36 heavy (non-hydrogen) atoms. The Morgan fingerprint density at radius 2 is 2.03 bits per heavy atom. The van der Waals surface area contributed by atoms with Crippen LogP contribution in [0.4, 0.5) is 4.39 Å². The van der Waals surface area contributed by atoms with E-state index in [0.29, 0.717) is 0 Å². The molecular formula is C21H26BFN3O9P. The highest BCUT2D eigenvalue weighted by molar-refractivity contribution is 7.52. The molecule has 1 aliphatic heterocycles. The predicted octanol–water partition coefficient (Wildman–Crippen LogP) is 1.03. The third-order valence-electron chi connectivity index (χ3n) is 5.37. The number of carbonyl (C=O) groups excluding carboxylic acids is 1. The molecule has 3 rings (SSSR count). The third kappa shape index (κ3) is 6.32. The van der Waals surface area contributed by atoms with Crippen LogP contribution >= 0.6 is 7.75 Å². The molecule has 12 nitrogen and oxygen atoms in total. The van der Waals surface area contributed by atoms with Crippen molar-refractivity contribution < 1.29 is 37.4 Å². The summed E-state index contributed by atoms with van der Waals surface area (Å²) in [5.74, 6) is -1.31. The number of carbonyl (C=O) groups is 1. The normalized spacial score (nSPS) is 26.2. The van der Waals surface area contributed by atoms with Crippen LogP contribution in [0.25, 0.3) is 0 Å². The summed E-state index contributed by atoms with van der Waals surface area (Å²) >= 11 is 0. The van der Waals surface area contributed by atoms with Gasteiger partial charge in [-0.1, -0.05) is 6.92 Å². The second-order valence-corrected chi connectivity index (χ2v) is 9.99. The van der Waals surface area contributed by atoms with Gasteiger partial charge in [0.1, 0.15) is 29.9 Å². The molecule has 1 saturated heterocycles. The van der Waals surface area contributed by atoms with Gasteiger partial charge in [0.25, 0.3) is 5.56 Å². The van der Waals surface area contributed by atoms with E-state index in [1.54, 1.807) is 6.92 Å². The molecule has 1 fully saturated rings. The van der Waals surface area contributed by atoms with Crippen LogP contribution in [0, 0.1) is 5.82 Å². The lowest BCUT2D eigenvalue weighted by molar-refractivity contribution is -0.144. The highest BCUT2D eigenvalue weighted by Crippen LogP contribution is 2.50. The lowest BCUT2D eigenvalue weighted by Gasteiger charge is -2.29. The summed E-state index contributed by atoms with van der Waals surface area (Å²) in [6, 6.07) is 4.52. The Morgan fingerprint density at radius 3 is 2.64 bits per heavy atom. The number of benzene rings is 1. The minimum Gasteiger partial charge on any atom is -0.465 e. The molecule has 1 aromatic heterocycles. The highest BCUT2D eigenvalue weighted by atomic mass is 31.2. The molecule has 2 heterocycles. The second-order valence-electron chi connectivity index (χ2n) is 8.30. The number of nitrogens with one attached hydrogen (secondary N) is 2. The van der Waals surface area contributed by atoms with Crippen molar-refractivity contribution in [3.05, 3.63) is 63.2 Å². The smallest absolute Gasteiger partial charge is 0.459 e.